The van der Waals surface area contributed by atoms with Gasteiger partial charge in [-0.1, -0.05) is 48.0 Å². The van der Waals surface area contributed by atoms with Crippen molar-refractivity contribution in [3.63, 3.8) is 0 Å². The summed E-state index contributed by atoms with van der Waals surface area (Å²) in [5, 5.41) is 14.8. The van der Waals surface area contributed by atoms with Gasteiger partial charge < -0.3 is 4.74 Å². The second-order valence-electron chi connectivity index (χ2n) is 6.73. The number of carbonyl (C=O) groups excluding carboxylic acids is 2. The molecule has 0 saturated carbocycles. The number of hydrazone groups is 1. The summed E-state index contributed by atoms with van der Waals surface area (Å²) in [6.07, 6.45) is 1.64. The summed E-state index contributed by atoms with van der Waals surface area (Å²) in [6.45, 7) is 1.98. The molecule has 0 saturated heterocycles. The van der Waals surface area contributed by atoms with Crippen molar-refractivity contribution in [3.05, 3.63) is 105 Å². The SMILES string of the molecule is Cc1ccc(CC(=O)N/N=C\c2cccc(OC(=O)c3cccc([N+](=O)[O-])c3)c2)cc1. The molecular weight excluding hydrogens is 398 g/mol. The van der Waals surface area contributed by atoms with Crippen LogP contribution in [0.25, 0.3) is 0 Å². The first-order chi connectivity index (χ1) is 14.9. The molecule has 156 valence electrons. The molecule has 0 radical (unpaired) electrons. The maximum absolute atomic E-state index is 12.3. The Labute approximate surface area is 178 Å². The minimum atomic E-state index is -0.718. The number of nitro benzene ring substituents is 1. The van der Waals surface area contributed by atoms with Crippen LogP contribution in [0.5, 0.6) is 5.75 Å². The summed E-state index contributed by atoms with van der Waals surface area (Å²) in [6, 6.07) is 19.5. The van der Waals surface area contributed by atoms with E-state index in [9.17, 15) is 19.7 Å². The molecule has 0 atom stereocenters. The Bertz CT molecular complexity index is 1140. The number of amides is 1. The maximum atomic E-state index is 12.3. The van der Waals surface area contributed by atoms with Crippen LogP contribution in [0.1, 0.15) is 27.0 Å². The van der Waals surface area contributed by atoms with Crippen LogP contribution in [-0.2, 0) is 11.2 Å². The third-order valence-corrected chi connectivity index (χ3v) is 4.25. The second-order valence-corrected chi connectivity index (χ2v) is 6.73. The Morgan fingerprint density at radius 3 is 2.55 bits per heavy atom. The van der Waals surface area contributed by atoms with E-state index in [2.05, 4.69) is 10.5 Å². The van der Waals surface area contributed by atoms with Crippen molar-refractivity contribution >= 4 is 23.8 Å². The van der Waals surface area contributed by atoms with E-state index >= 15 is 0 Å². The summed E-state index contributed by atoms with van der Waals surface area (Å²) in [4.78, 5) is 34.5. The molecule has 0 aromatic heterocycles. The third kappa shape index (κ3) is 6.33. The summed E-state index contributed by atoms with van der Waals surface area (Å²) >= 11 is 0. The van der Waals surface area contributed by atoms with E-state index in [1.165, 1.54) is 24.4 Å². The number of nitro groups is 1. The summed E-state index contributed by atoms with van der Waals surface area (Å²) in [5.74, 6) is -0.732. The monoisotopic (exact) mass is 417 g/mol. The maximum Gasteiger partial charge on any atom is 0.343 e. The highest BCUT2D eigenvalue weighted by Crippen LogP contribution is 2.17. The molecular formula is C23H19N3O5. The van der Waals surface area contributed by atoms with E-state index in [1.54, 1.807) is 24.3 Å². The van der Waals surface area contributed by atoms with Gasteiger partial charge in [0, 0.05) is 12.1 Å². The average Bonchev–Trinajstić information content (AvgIpc) is 2.76. The van der Waals surface area contributed by atoms with Crippen LogP contribution in [0.4, 0.5) is 5.69 Å². The molecule has 3 rings (SSSR count). The number of nitrogens with one attached hydrogen (secondary N) is 1. The fourth-order valence-electron chi connectivity index (χ4n) is 2.68. The van der Waals surface area contributed by atoms with Gasteiger partial charge in [-0.25, -0.2) is 10.2 Å². The van der Waals surface area contributed by atoms with Crippen LogP contribution in [0.2, 0.25) is 0 Å². The summed E-state index contributed by atoms with van der Waals surface area (Å²) < 4.78 is 5.28. The Kier molecular flexibility index (Phi) is 6.85. The molecule has 0 aliphatic heterocycles. The molecule has 1 N–H and O–H groups in total. The Morgan fingerprint density at radius 1 is 1.06 bits per heavy atom. The zero-order chi connectivity index (χ0) is 22.2. The van der Waals surface area contributed by atoms with E-state index in [0.29, 0.717) is 5.56 Å². The van der Waals surface area contributed by atoms with Crippen molar-refractivity contribution in [2.24, 2.45) is 5.10 Å². The Balaban J connectivity index is 1.58. The molecule has 3 aromatic carbocycles. The van der Waals surface area contributed by atoms with Crippen molar-refractivity contribution in [2.75, 3.05) is 0 Å². The second kappa shape index (κ2) is 9.93. The van der Waals surface area contributed by atoms with Gasteiger partial charge in [0.05, 0.1) is 23.1 Å². The molecule has 0 heterocycles. The van der Waals surface area contributed by atoms with E-state index in [4.69, 9.17) is 4.74 Å². The van der Waals surface area contributed by atoms with Crippen LogP contribution < -0.4 is 10.2 Å². The van der Waals surface area contributed by atoms with Crippen LogP contribution >= 0.6 is 0 Å². The summed E-state index contributed by atoms with van der Waals surface area (Å²) in [5.41, 5.74) is 4.92. The van der Waals surface area contributed by atoms with Gasteiger partial charge in [0.2, 0.25) is 5.91 Å². The zero-order valence-corrected chi connectivity index (χ0v) is 16.6. The van der Waals surface area contributed by atoms with Gasteiger partial charge in [-0.3, -0.25) is 14.9 Å². The predicted molar refractivity (Wildman–Crippen MR) is 115 cm³/mol. The zero-order valence-electron chi connectivity index (χ0n) is 16.6. The highest BCUT2D eigenvalue weighted by atomic mass is 16.6. The lowest BCUT2D eigenvalue weighted by Gasteiger charge is -2.05. The molecule has 0 bridgehead atoms. The van der Waals surface area contributed by atoms with E-state index in [-0.39, 0.29) is 29.3 Å². The quantitative estimate of drug-likeness (QED) is 0.207. The van der Waals surface area contributed by atoms with Gasteiger partial charge in [0.1, 0.15) is 5.75 Å². The van der Waals surface area contributed by atoms with Crippen molar-refractivity contribution < 1.29 is 19.2 Å². The van der Waals surface area contributed by atoms with Crippen molar-refractivity contribution in [2.45, 2.75) is 13.3 Å². The Hall–Kier alpha value is -4.33. The van der Waals surface area contributed by atoms with Gasteiger partial charge >= 0.3 is 5.97 Å². The van der Waals surface area contributed by atoms with Crippen LogP contribution in [-0.4, -0.2) is 23.0 Å². The lowest BCUT2D eigenvalue weighted by molar-refractivity contribution is -0.384. The molecule has 0 unspecified atom stereocenters. The van der Waals surface area contributed by atoms with Crippen LogP contribution in [0.15, 0.2) is 77.9 Å². The molecule has 8 heteroatoms. The van der Waals surface area contributed by atoms with Crippen LogP contribution in [0, 0.1) is 17.0 Å². The van der Waals surface area contributed by atoms with Gasteiger partial charge in [0.25, 0.3) is 5.69 Å². The van der Waals surface area contributed by atoms with Crippen molar-refractivity contribution in [3.8, 4) is 5.75 Å². The molecule has 0 aliphatic carbocycles. The minimum Gasteiger partial charge on any atom is -0.423 e. The van der Waals surface area contributed by atoms with Crippen molar-refractivity contribution in [1.29, 1.82) is 0 Å². The lowest BCUT2D eigenvalue weighted by atomic mass is 10.1. The number of carbonyl (C=O) groups is 2. The first kappa shape index (κ1) is 21.4. The first-order valence-corrected chi connectivity index (χ1v) is 9.35. The number of benzene rings is 3. The number of non-ortho nitro benzene ring substituents is 1. The molecule has 0 fully saturated rings. The largest absolute Gasteiger partial charge is 0.423 e. The Morgan fingerprint density at radius 2 is 1.81 bits per heavy atom. The molecule has 31 heavy (non-hydrogen) atoms. The third-order valence-electron chi connectivity index (χ3n) is 4.25. The fourth-order valence-corrected chi connectivity index (χ4v) is 2.68. The minimum absolute atomic E-state index is 0.0663. The van der Waals surface area contributed by atoms with Crippen LogP contribution in [0.3, 0.4) is 0 Å². The molecule has 8 nitrogen and oxygen atoms in total. The number of hydrogen-bond donors (Lipinski definition) is 1. The topological polar surface area (TPSA) is 111 Å². The fraction of sp³-hybridized carbons (Fsp3) is 0.0870. The average molecular weight is 417 g/mol. The normalized spacial score (nSPS) is 10.6. The van der Waals surface area contributed by atoms with E-state index in [1.807, 2.05) is 31.2 Å². The number of hydrogen-bond acceptors (Lipinski definition) is 6. The summed E-state index contributed by atoms with van der Waals surface area (Å²) in [7, 11) is 0. The molecule has 0 spiro atoms. The van der Waals surface area contributed by atoms with E-state index in [0.717, 1.165) is 17.2 Å². The predicted octanol–water partition coefficient (Wildman–Crippen LogP) is 3.82. The number of rotatable bonds is 7. The molecule has 0 aliphatic rings. The van der Waals surface area contributed by atoms with Gasteiger partial charge in [0.15, 0.2) is 0 Å². The molecule has 3 aromatic rings. The highest BCUT2D eigenvalue weighted by molar-refractivity contribution is 5.92. The van der Waals surface area contributed by atoms with Gasteiger partial charge in [-0.15, -0.1) is 0 Å². The standard InChI is InChI=1S/C23H19N3O5/c1-16-8-10-17(11-9-16)13-22(27)25-24-15-18-4-2-7-21(12-18)31-23(28)19-5-3-6-20(14-19)26(29)30/h2-12,14-15H,13H2,1H3,(H,25,27)/b24-15-. The number of ether oxygens (including phenoxy) is 1. The van der Waals surface area contributed by atoms with E-state index < -0.39 is 10.9 Å². The number of aryl methyl sites for hydroxylation is 1. The van der Waals surface area contributed by atoms with Gasteiger partial charge in [-0.2, -0.15) is 5.10 Å². The highest BCUT2D eigenvalue weighted by Gasteiger charge is 2.13. The smallest absolute Gasteiger partial charge is 0.343 e. The lowest BCUT2D eigenvalue weighted by Crippen LogP contribution is -2.19. The number of esters is 1. The first-order valence-electron chi connectivity index (χ1n) is 9.35. The molecule has 1 amide bonds. The van der Waals surface area contributed by atoms with Crippen molar-refractivity contribution in [1.82, 2.24) is 5.43 Å². The van der Waals surface area contributed by atoms with Gasteiger partial charge in [-0.05, 0) is 36.2 Å². The number of nitrogens with zero attached hydrogens (tertiary/aromatic N) is 2.